The van der Waals surface area contributed by atoms with Crippen molar-refractivity contribution in [1.82, 2.24) is 5.48 Å². The Morgan fingerprint density at radius 1 is 0.833 bits per heavy atom. The first kappa shape index (κ1) is 18.5. The van der Waals surface area contributed by atoms with Gasteiger partial charge in [0.05, 0.1) is 19.2 Å². The summed E-state index contributed by atoms with van der Waals surface area (Å²) in [7, 11) is 1.70. The van der Waals surface area contributed by atoms with Gasteiger partial charge in [-0.25, -0.2) is 0 Å². The summed E-state index contributed by atoms with van der Waals surface area (Å²) in [5.41, 5.74) is 8.46. The van der Waals surface area contributed by atoms with Crippen LogP contribution in [0.15, 0.2) is 91.0 Å². The molecule has 148 valence electrons. The Bertz CT molecular complexity index is 1200. The number of hydroxylamine groups is 1. The maximum atomic E-state index is 5.33. The lowest BCUT2D eigenvalue weighted by atomic mass is 9.96. The van der Waals surface area contributed by atoms with Gasteiger partial charge in [0.2, 0.25) is 6.61 Å². The van der Waals surface area contributed by atoms with Gasteiger partial charge in [-0.15, -0.1) is 0 Å². The lowest BCUT2D eigenvalue weighted by Crippen LogP contribution is -2.28. The van der Waals surface area contributed by atoms with Crippen molar-refractivity contribution in [1.29, 1.82) is 0 Å². The van der Waals surface area contributed by atoms with Gasteiger partial charge in [0.25, 0.3) is 5.75 Å². The van der Waals surface area contributed by atoms with Gasteiger partial charge in [-0.3, -0.25) is 0 Å². The van der Waals surface area contributed by atoms with E-state index < -0.39 is 0 Å². The van der Waals surface area contributed by atoms with Crippen LogP contribution in [0, 0.1) is 0 Å². The Morgan fingerprint density at radius 2 is 1.60 bits per heavy atom. The van der Waals surface area contributed by atoms with Crippen molar-refractivity contribution in [2.45, 2.75) is 6.54 Å². The van der Waals surface area contributed by atoms with Crippen LogP contribution >= 0.6 is 0 Å². The summed E-state index contributed by atoms with van der Waals surface area (Å²) >= 11 is 0. The van der Waals surface area contributed by atoms with E-state index in [-0.39, 0.29) is 0 Å². The van der Waals surface area contributed by atoms with E-state index >= 15 is 0 Å². The number of methoxy groups -OCH3 is 1. The van der Waals surface area contributed by atoms with E-state index in [4.69, 9.17) is 4.74 Å². The number of benzene rings is 4. The fourth-order valence-corrected chi connectivity index (χ4v) is 3.96. The number of nitrogens with one attached hydrogen (secondary N) is 1. The maximum Gasteiger partial charge on any atom is 0.289 e. The predicted molar refractivity (Wildman–Crippen MR) is 123 cm³/mol. The first-order valence-electron chi connectivity index (χ1n) is 10.2. The second-order valence-electron chi connectivity index (χ2n) is 7.44. The van der Waals surface area contributed by atoms with Gasteiger partial charge in [0, 0.05) is 11.6 Å². The molecule has 30 heavy (non-hydrogen) atoms. The smallest absolute Gasteiger partial charge is 0.289 e. The zero-order valence-corrected chi connectivity index (χ0v) is 17.0. The number of rotatable bonds is 5. The fraction of sp³-hybridized carbons (Fsp3) is 0.111. The van der Waals surface area contributed by atoms with Crippen molar-refractivity contribution in [3.8, 4) is 11.5 Å². The molecular weight excluding hydrogens is 370 g/mol. The molecule has 1 aliphatic heterocycles. The molecule has 0 radical (unpaired) electrons. The van der Waals surface area contributed by atoms with Gasteiger partial charge < -0.3 is 9.20 Å². The minimum absolute atomic E-state index is 0.713. The predicted octanol–water partition coefficient (Wildman–Crippen LogP) is 6.37. The third-order valence-electron chi connectivity index (χ3n) is 5.57. The summed E-state index contributed by atoms with van der Waals surface area (Å²) in [5, 5.41) is 2.49. The van der Waals surface area contributed by atoms with E-state index in [1.54, 1.807) is 7.11 Å². The lowest BCUT2D eigenvalue weighted by molar-refractivity contribution is -0.118. The van der Waals surface area contributed by atoms with Crippen molar-refractivity contribution < 1.29 is 9.20 Å². The minimum Gasteiger partial charge on any atom is -0.497 e. The Kier molecular flexibility index (Phi) is 4.96. The van der Waals surface area contributed by atoms with Crippen LogP contribution in [-0.4, -0.2) is 13.7 Å². The highest BCUT2D eigenvalue weighted by atomic mass is 16.8. The molecule has 3 nitrogen and oxygen atoms in total. The van der Waals surface area contributed by atoms with E-state index in [9.17, 15) is 0 Å². The molecule has 0 saturated heterocycles. The standard InChI is InChI=1S/C27H24NO2/c1-29-24-14-11-21(12-15-24)23-17-26-25-10-6-5-9-22(25)13-16-27(26)30(19-23)28-18-20-7-3-2-4-8-20/h2-17,28H,18-19H2,1H3/q+1. The second-order valence-corrected chi connectivity index (χ2v) is 7.44. The molecule has 0 saturated carbocycles. The highest BCUT2D eigenvalue weighted by molar-refractivity contribution is 5.99. The van der Waals surface area contributed by atoms with E-state index in [2.05, 4.69) is 88.8 Å². The van der Waals surface area contributed by atoms with Crippen molar-refractivity contribution >= 4 is 22.4 Å². The summed E-state index contributed by atoms with van der Waals surface area (Å²) in [6.45, 7) is 1.46. The monoisotopic (exact) mass is 394 g/mol. The highest BCUT2D eigenvalue weighted by Crippen LogP contribution is 2.41. The molecule has 0 spiro atoms. The molecule has 0 amide bonds. The molecule has 0 aromatic heterocycles. The number of hydrogen-bond acceptors (Lipinski definition) is 2. The summed E-state index contributed by atoms with van der Waals surface area (Å²) in [6, 6.07) is 31.7. The Hall–Kier alpha value is -3.56. The van der Waals surface area contributed by atoms with Crippen molar-refractivity contribution in [3.63, 3.8) is 0 Å². The summed E-state index contributed by atoms with van der Waals surface area (Å²) < 4.78 is 8.60. The van der Waals surface area contributed by atoms with Crippen LogP contribution in [0.1, 0.15) is 16.7 Å². The van der Waals surface area contributed by atoms with E-state index in [1.807, 2.05) is 18.2 Å². The minimum atomic E-state index is 0.713. The number of fused-ring (bicyclic) bond motifs is 3. The molecule has 0 aliphatic carbocycles. The van der Waals surface area contributed by atoms with Gasteiger partial charge in [0.15, 0.2) is 0 Å². The average Bonchev–Trinajstić information content (AvgIpc) is 2.83. The summed E-state index contributed by atoms with van der Waals surface area (Å²) in [6.07, 6.45) is 2.31. The Labute approximate surface area is 176 Å². The molecule has 5 rings (SSSR count). The van der Waals surface area contributed by atoms with Gasteiger partial charge in [-0.05, 0) is 46.2 Å². The largest absolute Gasteiger partial charge is 0.497 e. The molecule has 1 aliphatic rings. The molecule has 0 unspecified atom stereocenters. The third kappa shape index (κ3) is 3.56. The second kappa shape index (κ2) is 8.05. The van der Waals surface area contributed by atoms with E-state index in [0.717, 1.165) is 18.0 Å². The first-order chi connectivity index (χ1) is 14.8. The topological polar surface area (TPSA) is 24.0 Å². The first-order valence-corrected chi connectivity index (χ1v) is 10.2. The third-order valence-corrected chi connectivity index (χ3v) is 5.57. The van der Waals surface area contributed by atoms with Gasteiger partial charge in [0.1, 0.15) is 5.75 Å². The zero-order chi connectivity index (χ0) is 20.3. The van der Waals surface area contributed by atoms with Crippen LogP contribution in [0.4, 0.5) is 0 Å². The molecule has 0 atom stereocenters. The maximum absolute atomic E-state index is 5.33. The van der Waals surface area contributed by atoms with E-state index in [1.165, 1.54) is 33.0 Å². The van der Waals surface area contributed by atoms with Crippen molar-refractivity contribution in [3.05, 3.63) is 108 Å². The molecule has 4 aromatic rings. The number of hydrogen-bond donors (Lipinski definition) is 1. The number of ether oxygens (including phenoxy) is 1. The van der Waals surface area contributed by atoms with Gasteiger partial charge >= 0.3 is 0 Å². The van der Waals surface area contributed by atoms with Crippen LogP contribution in [0.2, 0.25) is 0 Å². The molecular formula is C27H24NO2+. The SMILES string of the molecule is COc1ccc(C2=Cc3c(ccc4ccccc34)[O+](NCc3ccccc3)C2)cc1. The molecule has 3 heteroatoms. The van der Waals surface area contributed by atoms with Crippen LogP contribution in [-0.2, 0) is 11.0 Å². The molecule has 0 bridgehead atoms. The van der Waals surface area contributed by atoms with Crippen LogP contribution in [0.25, 0.3) is 22.4 Å². The van der Waals surface area contributed by atoms with Crippen LogP contribution in [0.3, 0.4) is 0 Å². The quantitative estimate of drug-likeness (QED) is 0.398. The highest BCUT2D eigenvalue weighted by Gasteiger charge is 2.27. The molecule has 1 heterocycles. The normalized spacial score (nSPS) is 13.1. The Morgan fingerprint density at radius 3 is 2.40 bits per heavy atom. The van der Waals surface area contributed by atoms with E-state index in [0.29, 0.717) is 6.61 Å². The van der Waals surface area contributed by atoms with Gasteiger partial charge in [-0.1, -0.05) is 72.2 Å². The van der Waals surface area contributed by atoms with Crippen molar-refractivity contribution in [2.24, 2.45) is 0 Å². The molecule has 1 N–H and O–H groups in total. The summed E-state index contributed by atoms with van der Waals surface area (Å²) in [4.78, 5) is 0. The van der Waals surface area contributed by atoms with Crippen molar-refractivity contribution in [2.75, 3.05) is 13.7 Å². The van der Waals surface area contributed by atoms with Crippen LogP contribution < -0.4 is 10.2 Å². The van der Waals surface area contributed by atoms with Gasteiger partial charge in [-0.2, -0.15) is 0 Å². The summed E-state index contributed by atoms with van der Waals surface area (Å²) in [5.74, 6) is 2.00. The van der Waals surface area contributed by atoms with Crippen LogP contribution in [0.5, 0.6) is 11.5 Å². The molecule has 0 fully saturated rings. The lowest BCUT2D eigenvalue weighted by Gasteiger charge is -2.29. The zero-order valence-electron chi connectivity index (χ0n) is 17.0. The average molecular weight is 394 g/mol. The Balaban J connectivity index is 1.56. The molecule has 4 aromatic carbocycles. The fourth-order valence-electron chi connectivity index (χ4n) is 3.96.